The molecule has 66 valence electrons. The Bertz CT molecular complexity index is 107. The monoisotopic (exact) mass is 162 g/mol. The van der Waals surface area contributed by atoms with Gasteiger partial charge in [-0.2, -0.15) is 0 Å². The van der Waals surface area contributed by atoms with Crippen LogP contribution in [0.3, 0.4) is 0 Å². The number of aliphatic hydroxyl groups is 2. The molecule has 0 atom stereocenters. The second-order valence-electron chi connectivity index (χ2n) is 2.26. The highest BCUT2D eigenvalue weighted by molar-refractivity contribution is 5.66. The molecule has 0 heterocycles. The highest BCUT2D eigenvalue weighted by atomic mass is 16.5. The third kappa shape index (κ3) is 5.82. The van der Waals surface area contributed by atoms with E-state index in [0.717, 1.165) is 0 Å². The molecule has 0 spiro atoms. The summed E-state index contributed by atoms with van der Waals surface area (Å²) in [6.07, 6.45) is 0.433. The largest absolute Gasteiger partial charge is 0.462 e. The van der Waals surface area contributed by atoms with E-state index in [1.54, 1.807) is 0 Å². The van der Waals surface area contributed by atoms with Gasteiger partial charge in [-0.25, -0.2) is 0 Å². The first-order chi connectivity index (χ1) is 5.20. The molecule has 2 N–H and O–H groups in total. The van der Waals surface area contributed by atoms with Gasteiger partial charge in [-0.1, -0.05) is 0 Å². The summed E-state index contributed by atoms with van der Waals surface area (Å²) in [4.78, 5) is 10.4. The zero-order valence-corrected chi connectivity index (χ0v) is 6.62. The van der Waals surface area contributed by atoms with E-state index >= 15 is 0 Å². The summed E-state index contributed by atoms with van der Waals surface area (Å²) < 4.78 is 4.77. The molecule has 0 rings (SSSR count). The first kappa shape index (κ1) is 10.4. The number of rotatable bonds is 5. The predicted molar refractivity (Wildman–Crippen MR) is 39.0 cm³/mol. The molecule has 11 heavy (non-hydrogen) atoms. The smallest absolute Gasteiger partial charge is 0.302 e. The summed E-state index contributed by atoms with van der Waals surface area (Å²) in [5.41, 5.74) is 0. The summed E-state index contributed by atoms with van der Waals surface area (Å²) in [5, 5.41) is 17.0. The van der Waals surface area contributed by atoms with Crippen molar-refractivity contribution in [3.63, 3.8) is 0 Å². The first-order valence-corrected chi connectivity index (χ1v) is 3.59. The lowest BCUT2D eigenvalue weighted by atomic mass is 10.2. The fourth-order valence-corrected chi connectivity index (χ4v) is 0.785. The fraction of sp³-hybridized carbons (Fsp3) is 0.857. The number of hydrogen-bond donors (Lipinski definition) is 2. The summed E-state index contributed by atoms with van der Waals surface area (Å²) in [7, 11) is 0. The first-order valence-electron chi connectivity index (χ1n) is 3.59. The number of aliphatic hydroxyl groups excluding tert-OH is 2. The number of ether oxygens (including phenoxy) is 1. The van der Waals surface area contributed by atoms with Crippen LogP contribution in [0.1, 0.15) is 19.8 Å². The molecular formula is C7H14O4. The van der Waals surface area contributed by atoms with Crippen LogP contribution in [0, 0.1) is 0 Å². The minimum Gasteiger partial charge on any atom is -0.462 e. The van der Waals surface area contributed by atoms with Crippen molar-refractivity contribution in [2.75, 3.05) is 13.2 Å². The van der Waals surface area contributed by atoms with E-state index in [4.69, 9.17) is 14.9 Å². The number of carbonyl (C=O) groups excluding carboxylic acids is 1. The van der Waals surface area contributed by atoms with Crippen molar-refractivity contribution in [3.05, 3.63) is 0 Å². The average Bonchev–Trinajstić information content (AvgIpc) is 1.87. The highest BCUT2D eigenvalue weighted by Gasteiger charge is 2.09. The molecule has 0 aliphatic heterocycles. The third-order valence-corrected chi connectivity index (χ3v) is 1.23. The lowest BCUT2D eigenvalue weighted by molar-refractivity contribution is -0.147. The molecule has 0 aromatic rings. The zero-order chi connectivity index (χ0) is 8.69. The van der Waals surface area contributed by atoms with Crippen molar-refractivity contribution in [1.29, 1.82) is 0 Å². The molecule has 0 amide bonds. The van der Waals surface area contributed by atoms with Gasteiger partial charge < -0.3 is 14.9 Å². The van der Waals surface area contributed by atoms with Crippen LogP contribution in [0.2, 0.25) is 0 Å². The van der Waals surface area contributed by atoms with Crippen molar-refractivity contribution < 1.29 is 19.7 Å². The third-order valence-electron chi connectivity index (χ3n) is 1.23. The molecule has 4 nitrogen and oxygen atoms in total. The van der Waals surface area contributed by atoms with Crippen LogP contribution >= 0.6 is 0 Å². The van der Waals surface area contributed by atoms with Crippen molar-refractivity contribution in [2.24, 2.45) is 0 Å². The van der Waals surface area contributed by atoms with Crippen LogP contribution in [0.5, 0.6) is 0 Å². The zero-order valence-electron chi connectivity index (χ0n) is 6.62. The maximum atomic E-state index is 10.4. The molecule has 0 saturated heterocycles. The van der Waals surface area contributed by atoms with Gasteiger partial charge in [0, 0.05) is 33.0 Å². The summed E-state index contributed by atoms with van der Waals surface area (Å²) in [5.74, 6) is -0.378. The van der Waals surface area contributed by atoms with Crippen LogP contribution < -0.4 is 0 Å². The number of carbonyl (C=O) groups is 1. The van der Waals surface area contributed by atoms with E-state index in [2.05, 4.69) is 0 Å². The number of hydrogen-bond acceptors (Lipinski definition) is 4. The van der Waals surface area contributed by atoms with Gasteiger partial charge >= 0.3 is 5.97 Å². The topological polar surface area (TPSA) is 66.8 Å². The Hall–Kier alpha value is -0.610. The molecule has 0 aromatic heterocycles. The van der Waals surface area contributed by atoms with Gasteiger partial charge in [-0.3, -0.25) is 4.79 Å². The van der Waals surface area contributed by atoms with E-state index in [1.165, 1.54) is 6.92 Å². The van der Waals surface area contributed by atoms with Crippen LogP contribution in [-0.4, -0.2) is 35.5 Å². The van der Waals surface area contributed by atoms with Gasteiger partial charge in [-0.15, -0.1) is 0 Å². The molecule has 0 saturated carbocycles. The van der Waals surface area contributed by atoms with Crippen LogP contribution in [0.25, 0.3) is 0 Å². The molecule has 0 aliphatic carbocycles. The molecular weight excluding hydrogens is 148 g/mol. The van der Waals surface area contributed by atoms with Crippen molar-refractivity contribution in [2.45, 2.75) is 25.9 Å². The Morgan fingerprint density at radius 2 is 1.82 bits per heavy atom. The van der Waals surface area contributed by atoms with Crippen molar-refractivity contribution in [1.82, 2.24) is 0 Å². The van der Waals surface area contributed by atoms with Crippen molar-refractivity contribution in [3.8, 4) is 0 Å². The van der Waals surface area contributed by atoms with Crippen LogP contribution in [0.4, 0.5) is 0 Å². The normalized spacial score (nSPS) is 10.2. The highest BCUT2D eigenvalue weighted by Crippen LogP contribution is 2.02. The number of esters is 1. The Morgan fingerprint density at radius 1 is 1.36 bits per heavy atom. The summed E-state index contributed by atoms with van der Waals surface area (Å²) >= 11 is 0. The van der Waals surface area contributed by atoms with E-state index in [1.807, 2.05) is 0 Å². The minimum atomic E-state index is -0.378. The second-order valence-corrected chi connectivity index (χ2v) is 2.26. The van der Waals surface area contributed by atoms with E-state index in [-0.39, 0.29) is 25.3 Å². The lowest BCUT2D eigenvalue weighted by Crippen LogP contribution is -2.19. The van der Waals surface area contributed by atoms with Crippen LogP contribution in [-0.2, 0) is 9.53 Å². The fourth-order valence-electron chi connectivity index (χ4n) is 0.785. The molecule has 0 unspecified atom stereocenters. The summed E-state index contributed by atoms with van der Waals surface area (Å²) in [6.45, 7) is 1.25. The second kappa shape index (κ2) is 6.12. The maximum Gasteiger partial charge on any atom is 0.302 e. The molecule has 0 bridgehead atoms. The minimum absolute atomic E-state index is 0.0298. The van der Waals surface area contributed by atoms with Gasteiger partial charge in [-0.05, 0) is 0 Å². The standard InChI is InChI=1S/C7H14O4/c1-6(10)11-7(2-4-8)3-5-9/h7-9H,2-5H2,1H3. The Balaban J connectivity index is 3.59. The van der Waals surface area contributed by atoms with Crippen LogP contribution in [0.15, 0.2) is 0 Å². The molecule has 4 heteroatoms. The van der Waals surface area contributed by atoms with Crippen molar-refractivity contribution >= 4 is 5.97 Å². The van der Waals surface area contributed by atoms with Gasteiger partial charge in [0.15, 0.2) is 0 Å². The van der Waals surface area contributed by atoms with Gasteiger partial charge in [0.1, 0.15) is 6.10 Å². The molecule has 0 radical (unpaired) electrons. The maximum absolute atomic E-state index is 10.4. The van der Waals surface area contributed by atoms with Gasteiger partial charge in [0.05, 0.1) is 0 Å². The summed E-state index contributed by atoms with van der Waals surface area (Å²) in [6, 6.07) is 0. The van der Waals surface area contributed by atoms with E-state index < -0.39 is 0 Å². The molecule has 0 fully saturated rings. The average molecular weight is 162 g/mol. The lowest BCUT2D eigenvalue weighted by Gasteiger charge is -2.13. The van der Waals surface area contributed by atoms with E-state index in [0.29, 0.717) is 12.8 Å². The Kier molecular flexibility index (Phi) is 5.78. The Morgan fingerprint density at radius 3 is 2.09 bits per heavy atom. The van der Waals surface area contributed by atoms with Gasteiger partial charge in [0.2, 0.25) is 0 Å². The quantitative estimate of drug-likeness (QED) is 0.544. The van der Waals surface area contributed by atoms with Gasteiger partial charge in [0.25, 0.3) is 0 Å². The molecule has 0 aromatic carbocycles. The van der Waals surface area contributed by atoms with E-state index in [9.17, 15) is 4.79 Å². The molecule has 0 aliphatic rings. The SMILES string of the molecule is CC(=O)OC(CCO)CCO. The Labute approximate surface area is 65.8 Å². The predicted octanol–water partition coefficient (Wildman–Crippen LogP) is -0.317.